The number of methoxy groups -OCH3 is 1. The first-order chi connectivity index (χ1) is 20.8. The summed E-state index contributed by atoms with van der Waals surface area (Å²) >= 11 is 12.5. The number of hydrazone groups is 1. The smallest absolute Gasteiger partial charge is 0.347 e. The zero-order chi connectivity index (χ0) is 30.5. The lowest BCUT2D eigenvalue weighted by atomic mass is 10.0. The highest BCUT2D eigenvalue weighted by Gasteiger charge is 2.22. The van der Waals surface area contributed by atoms with Crippen molar-refractivity contribution in [2.75, 3.05) is 13.7 Å². The quantitative estimate of drug-likeness (QED) is 0.0762. The summed E-state index contributed by atoms with van der Waals surface area (Å²) in [5, 5.41) is 5.35. The fraction of sp³-hybridized carbons (Fsp3) is 0.0938. The highest BCUT2D eigenvalue weighted by Crippen LogP contribution is 2.37. The van der Waals surface area contributed by atoms with Crippen molar-refractivity contribution in [3.8, 4) is 28.4 Å². The summed E-state index contributed by atoms with van der Waals surface area (Å²) in [6.45, 7) is 2.09. The molecule has 2 N–H and O–H groups in total. The van der Waals surface area contributed by atoms with Crippen molar-refractivity contribution in [3.63, 3.8) is 0 Å². The second kappa shape index (κ2) is 13.0. The van der Waals surface area contributed by atoms with Crippen molar-refractivity contribution >= 4 is 52.2 Å². The molecule has 0 spiro atoms. The Hall–Kier alpha value is -4.86. The number of amides is 1. The summed E-state index contributed by atoms with van der Waals surface area (Å²) in [5.41, 5.74) is 4.95. The molecule has 5 aromatic rings. The van der Waals surface area contributed by atoms with Crippen LogP contribution in [0.5, 0.6) is 17.2 Å². The Bertz CT molecular complexity index is 1870. The topological polar surface area (TPSA) is 102 Å². The Balaban J connectivity index is 1.38. The number of H-pyrrole nitrogens is 1. The van der Waals surface area contributed by atoms with Crippen LogP contribution >= 0.6 is 23.2 Å². The fourth-order valence-electron chi connectivity index (χ4n) is 4.45. The number of hydrogen-bond donors (Lipinski definition) is 2. The van der Waals surface area contributed by atoms with Crippen LogP contribution in [0.4, 0.5) is 4.39 Å². The average Bonchev–Trinajstić information content (AvgIpc) is 3.37. The Kier molecular flexibility index (Phi) is 8.94. The van der Waals surface area contributed by atoms with Gasteiger partial charge < -0.3 is 19.2 Å². The number of rotatable bonds is 9. The second-order valence-corrected chi connectivity index (χ2v) is 9.96. The lowest BCUT2D eigenvalue weighted by molar-refractivity contribution is 0.0724. The first-order valence-corrected chi connectivity index (χ1v) is 13.8. The number of nitrogens with zero attached hydrogens (tertiary/aromatic N) is 1. The number of esters is 1. The first kappa shape index (κ1) is 29.6. The maximum Gasteiger partial charge on any atom is 0.347 e. The van der Waals surface area contributed by atoms with Gasteiger partial charge >= 0.3 is 5.97 Å². The van der Waals surface area contributed by atoms with E-state index in [1.807, 2.05) is 0 Å². The maximum atomic E-state index is 14.1. The van der Waals surface area contributed by atoms with Gasteiger partial charge in [-0.2, -0.15) is 5.10 Å². The molecule has 0 radical (unpaired) electrons. The number of aromatic amines is 1. The van der Waals surface area contributed by atoms with Gasteiger partial charge in [-0.15, -0.1) is 0 Å². The van der Waals surface area contributed by atoms with Crippen molar-refractivity contribution in [1.82, 2.24) is 10.4 Å². The number of aromatic nitrogens is 1. The van der Waals surface area contributed by atoms with Gasteiger partial charge in [-0.05, 0) is 73.2 Å². The van der Waals surface area contributed by atoms with Crippen LogP contribution in [0.3, 0.4) is 0 Å². The Labute approximate surface area is 256 Å². The average molecular weight is 620 g/mol. The van der Waals surface area contributed by atoms with E-state index in [4.69, 9.17) is 37.4 Å². The first-order valence-electron chi connectivity index (χ1n) is 13.0. The summed E-state index contributed by atoms with van der Waals surface area (Å²) in [6.07, 6.45) is 1.41. The minimum absolute atomic E-state index is 0.154. The van der Waals surface area contributed by atoms with Crippen molar-refractivity contribution in [1.29, 1.82) is 0 Å². The molecule has 1 amide bonds. The van der Waals surface area contributed by atoms with E-state index in [1.165, 1.54) is 31.5 Å². The number of benzene rings is 4. The van der Waals surface area contributed by atoms with Crippen LogP contribution in [-0.2, 0) is 0 Å². The highest BCUT2D eigenvalue weighted by atomic mass is 35.5. The van der Waals surface area contributed by atoms with Gasteiger partial charge in [-0.25, -0.2) is 14.6 Å². The molecule has 0 fully saturated rings. The summed E-state index contributed by atoms with van der Waals surface area (Å²) in [5.74, 6) is -0.925. The molecule has 0 aliphatic heterocycles. The van der Waals surface area contributed by atoms with Crippen LogP contribution in [-0.4, -0.2) is 36.8 Å². The third-order valence-corrected chi connectivity index (χ3v) is 6.93. The van der Waals surface area contributed by atoms with Crippen LogP contribution in [0.25, 0.3) is 22.0 Å². The van der Waals surface area contributed by atoms with Gasteiger partial charge in [0, 0.05) is 32.1 Å². The van der Waals surface area contributed by atoms with E-state index in [1.54, 1.807) is 67.6 Å². The highest BCUT2D eigenvalue weighted by molar-refractivity contribution is 6.34. The van der Waals surface area contributed by atoms with Gasteiger partial charge in [-0.3, -0.25) is 4.79 Å². The molecule has 218 valence electrons. The number of fused-ring (bicyclic) bond motifs is 1. The van der Waals surface area contributed by atoms with Crippen LogP contribution in [0.2, 0.25) is 10.0 Å². The third kappa shape index (κ3) is 6.48. The van der Waals surface area contributed by atoms with E-state index in [-0.39, 0.29) is 22.8 Å². The summed E-state index contributed by atoms with van der Waals surface area (Å²) in [4.78, 5) is 29.2. The van der Waals surface area contributed by atoms with Gasteiger partial charge in [0.25, 0.3) is 5.91 Å². The summed E-state index contributed by atoms with van der Waals surface area (Å²) in [7, 11) is 1.44. The normalized spacial score (nSPS) is 11.1. The maximum absolute atomic E-state index is 14.1. The Morgan fingerprint density at radius 2 is 1.77 bits per heavy atom. The molecule has 1 heterocycles. The molecule has 11 heteroatoms. The van der Waals surface area contributed by atoms with Crippen molar-refractivity contribution in [2.45, 2.75) is 6.92 Å². The number of carbonyl (C=O) groups is 2. The van der Waals surface area contributed by atoms with E-state index in [0.717, 1.165) is 0 Å². The number of carbonyl (C=O) groups excluding carboxylic acids is 2. The fourth-order valence-corrected chi connectivity index (χ4v) is 4.85. The third-order valence-electron chi connectivity index (χ3n) is 6.36. The minimum Gasteiger partial charge on any atom is -0.496 e. The predicted octanol–water partition coefficient (Wildman–Crippen LogP) is 7.67. The van der Waals surface area contributed by atoms with Crippen molar-refractivity contribution in [3.05, 3.63) is 112 Å². The number of ether oxygens (including phenoxy) is 3. The van der Waals surface area contributed by atoms with Gasteiger partial charge in [0.05, 0.1) is 19.9 Å². The van der Waals surface area contributed by atoms with Gasteiger partial charge in [0.1, 0.15) is 22.8 Å². The molecule has 4 aromatic carbocycles. The standard InChI is InChI=1S/C32H24Cl2FN3O5/c1-3-42-28-14-18(8-12-27(28)43-32(40)23-15-19(33)9-13-26(23)41-2)17-36-38-31(39)30-29(21-6-4-5-7-24(21)34)22-16-20(35)10-11-25(22)37-30/h4-17,37H,3H2,1-2H3,(H,38,39). The molecule has 8 nitrogen and oxygen atoms in total. The molecule has 5 rings (SSSR count). The largest absolute Gasteiger partial charge is 0.496 e. The Morgan fingerprint density at radius 1 is 0.977 bits per heavy atom. The molecule has 1 aromatic heterocycles. The molecule has 0 unspecified atom stereocenters. The lowest BCUT2D eigenvalue weighted by Crippen LogP contribution is -2.19. The molecular weight excluding hydrogens is 596 g/mol. The lowest BCUT2D eigenvalue weighted by Gasteiger charge is -2.13. The monoisotopic (exact) mass is 619 g/mol. The second-order valence-electron chi connectivity index (χ2n) is 9.12. The van der Waals surface area contributed by atoms with Crippen molar-refractivity contribution in [2.24, 2.45) is 5.10 Å². The van der Waals surface area contributed by atoms with Crippen LogP contribution in [0.15, 0.2) is 84.0 Å². The zero-order valence-corrected chi connectivity index (χ0v) is 24.4. The van der Waals surface area contributed by atoms with E-state index in [0.29, 0.717) is 50.0 Å². The van der Waals surface area contributed by atoms with Gasteiger partial charge in [-0.1, -0.05) is 41.4 Å². The van der Waals surface area contributed by atoms with Crippen LogP contribution in [0.1, 0.15) is 33.3 Å². The molecule has 0 bridgehead atoms. The predicted molar refractivity (Wildman–Crippen MR) is 164 cm³/mol. The van der Waals surface area contributed by atoms with E-state index in [9.17, 15) is 14.0 Å². The van der Waals surface area contributed by atoms with Crippen LogP contribution < -0.4 is 19.6 Å². The SMILES string of the molecule is CCOc1cc(C=NNC(=O)c2[nH]c3ccc(F)cc3c2-c2ccccc2Cl)ccc1OC(=O)c1cc(Cl)ccc1OC. The molecular formula is C32H24Cl2FN3O5. The molecule has 0 saturated carbocycles. The van der Waals surface area contributed by atoms with Crippen molar-refractivity contribution < 1.29 is 28.2 Å². The van der Waals surface area contributed by atoms with E-state index in [2.05, 4.69) is 15.5 Å². The number of hydrogen-bond acceptors (Lipinski definition) is 6. The Morgan fingerprint density at radius 3 is 2.53 bits per heavy atom. The summed E-state index contributed by atoms with van der Waals surface area (Å²) < 4.78 is 30.6. The number of nitrogens with one attached hydrogen (secondary N) is 2. The summed E-state index contributed by atoms with van der Waals surface area (Å²) in [6, 6.07) is 20.6. The molecule has 0 atom stereocenters. The molecule has 0 saturated heterocycles. The minimum atomic E-state index is -0.679. The zero-order valence-electron chi connectivity index (χ0n) is 22.9. The number of halogens is 3. The molecule has 0 aliphatic carbocycles. The van der Waals surface area contributed by atoms with E-state index >= 15 is 0 Å². The molecule has 43 heavy (non-hydrogen) atoms. The molecule has 0 aliphatic rings. The van der Waals surface area contributed by atoms with Gasteiger partial charge in [0.2, 0.25) is 0 Å². The van der Waals surface area contributed by atoms with Crippen LogP contribution in [0, 0.1) is 5.82 Å². The van der Waals surface area contributed by atoms with E-state index < -0.39 is 17.7 Å². The van der Waals surface area contributed by atoms with Gasteiger partial charge in [0.15, 0.2) is 11.5 Å².